The van der Waals surface area contributed by atoms with Crippen LogP contribution in [0.5, 0.6) is 0 Å². The Labute approximate surface area is 159 Å². The molecule has 3 rings (SSSR count). The van der Waals surface area contributed by atoms with Crippen LogP contribution in [0, 0.1) is 26.0 Å². The van der Waals surface area contributed by atoms with E-state index in [1.807, 2.05) is 4.90 Å². The number of nitrogens with zero attached hydrogens (tertiary/aromatic N) is 3. The molecule has 1 N–H and O–H groups in total. The van der Waals surface area contributed by atoms with Crippen LogP contribution in [0.3, 0.4) is 0 Å². The summed E-state index contributed by atoms with van der Waals surface area (Å²) in [5.41, 5.74) is -0.583. The number of nitrogens with one attached hydrogen (secondary N) is 1. The van der Waals surface area contributed by atoms with Gasteiger partial charge in [0.2, 0.25) is 0 Å². The number of hydrogen-bond donors (Lipinski definition) is 1. The van der Waals surface area contributed by atoms with Gasteiger partial charge in [-0.05, 0) is 37.5 Å². The minimum absolute atomic E-state index is 0.0432. The van der Waals surface area contributed by atoms with Crippen LogP contribution < -0.4 is 10.2 Å². The predicted octanol–water partition coefficient (Wildman–Crippen LogP) is 3.88. The maximum atomic E-state index is 13.9. The topological polar surface area (TPSA) is 119 Å². The smallest absolute Gasteiger partial charge is 0.293 e. The molecule has 0 spiro atoms. The fourth-order valence-corrected chi connectivity index (χ4v) is 3.13. The maximum absolute atomic E-state index is 13.9. The number of anilines is 2. The highest BCUT2D eigenvalue weighted by atomic mass is 19.1. The standard InChI is InChI=1S/C18H17FN4O5/c19-14-6-5-13(22(25)26)11-15(14)20-18(24)12-4-7-16(17(10-12)23(27)28)21-8-2-1-3-9-21/h4-7,10-11H,1-3,8-9H2,(H,20,24). The average Bonchev–Trinajstić information content (AvgIpc) is 2.69. The van der Waals surface area contributed by atoms with Crippen molar-refractivity contribution in [1.29, 1.82) is 0 Å². The van der Waals surface area contributed by atoms with Crippen molar-refractivity contribution in [2.75, 3.05) is 23.3 Å². The lowest BCUT2D eigenvalue weighted by atomic mass is 10.1. The summed E-state index contributed by atoms with van der Waals surface area (Å²) in [7, 11) is 0. The lowest BCUT2D eigenvalue weighted by Crippen LogP contribution is -2.30. The van der Waals surface area contributed by atoms with Crippen LogP contribution in [0.4, 0.5) is 27.1 Å². The lowest BCUT2D eigenvalue weighted by Gasteiger charge is -2.28. The molecular formula is C18H17FN4O5. The zero-order valence-electron chi connectivity index (χ0n) is 14.8. The molecule has 0 atom stereocenters. The summed E-state index contributed by atoms with van der Waals surface area (Å²) in [6, 6.07) is 6.79. The minimum Gasteiger partial charge on any atom is -0.366 e. The number of non-ortho nitro benzene ring substituents is 1. The van der Waals surface area contributed by atoms with Crippen LogP contribution >= 0.6 is 0 Å². The van der Waals surface area contributed by atoms with Gasteiger partial charge in [-0.3, -0.25) is 25.0 Å². The maximum Gasteiger partial charge on any atom is 0.293 e. The van der Waals surface area contributed by atoms with Crippen molar-refractivity contribution in [3.05, 3.63) is 68.0 Å². The molecule has 1 amide bonds. The first-order valence-electron chi connectivity index (χ1n) is 8.65. The first-order valence-corrected chi connectivity index (χ1v) is 8.65. The van der Waals surface area contributed by atoms with Crippen LogP contribution in [0.1, 0.15) is 29.6 Å². The van der Waals surface area contributed by atoms with Crippen LogP contribution in [0.15, 0.2) is 36.4 Å². The van der Waals surface area contributed by atoms with Crippen LogP contribution in [-0.2, 0) is 0 Å². The summed E-state index contributed by atoms with van der Waals surface area (Å²) in [6.07, 6.45) is 2.94. The molecule has 1 aliphatic rings. The van der Waals surface area contributed by atoms with Gasteiger partial charge in [0.25, 0.3) is 17.3 Å². The van der Waals surface area contributed by atoms with E-state index in [4.69, 9.17) is 0 Å². The van der Waals surface area contributed by atoms with Crippen molar-refractivity contribution in [2.45, 2.75) is 19.3 Å². The predicted molar refractivity (Wildman–Crippen MR) is 100 cm³/mol. The van der Waals surface area contributed by atoms with Crippen molar-refractivity contribution in [1.82, 2.24) is 0 Å². The molecule has 0 bridgehead atoms. The molecule has 0 aromatic heterocycles. The number of amides is 1. The Morgan fingerprint density at radius 3 is 2.36 bits per heavy atom. The Bertz CT molecular complexity index is 944. The van der Waals surface area contributed by atoms with Gasteiger partial charge < -0.3 is 10.2 Å². The molecule has 9 nitrogen and oxygen atoms in total. The molecule has 10 heteroatoms. The molecule has 0 unspecified atom stereocenters. The van der Waals surface area contributed by atoms with E-state index in [1.54, 1.807) is 0 Å². The fraction of sp³-hybridized carbons (Fsp3) is 0.278. The number of nitro groups is 2. The Hall–Kier alpha value is -3.56. The first-order chi connectivity index (χ1) is 13.4. The highest BCUT2D eigenvalue weighted by Crippen LogP contribution is 2.32. The van der Waals surface area contributed by atoms with Gasteiger partial charge in [0.15, 0.2) is 0 Å². The molecule has 0 aliphatic carbocycles. The molecule has 146 valence electrons. The number of hydrogen-bond acceptors (Lipinski definition) is 6. The average molecular weight is 388 g/mol. The van der Waals surface area contributed by atoms with Gasteiger partial charge in [-0.2, -0.15) is 0 Å². The number of nitro benzene ring substituents is 2. The van der Waals surface area contributed by atoms with Gasteiger partial charge >= 0.3 is 0 Å². The zero-order chi connectivity index (χ0) is 20.3. The van der Waals surface area contributed by atoms with Gasteiger partial charge in [0.05, 0.1) is 15.5 Å². The lowest BCUT2D eigenvalue weighted by molar-refractivity contribution is -0.384. The van der Waals surface area contributed by atoms with Gasteiger partial charge in [0, 0.05) is 36.9 Å². The van der Waals surface area contributed by atoms with Crippen molar-refractivity contribution in [2.24, 2.45) is 0 Å². The minimum atomic E-state index is -0.849. The zero-order valence-corrected chi connectivity index (χ0v) is 14.8. The number of carbonyl (C=O) groups excluding carboxylic acids is 1. The number of halogens is 1. The number of benzene rings is 2. The molecule has 0 radical (unpaired) electrons. The second-order valence-electron chi connectivity index (χ2n) is 6.38. The summed E-state index contributed by atoms with van der Waals surface area (Å²) >= 11 is 0. The molecular weight excluding hydrogens is 371 g/mol. The first kappa shape index (κ1) is 19.2. The third-order valence-electron chi connectivity index (χ3n) is 4.54. The molecule has 2 aromatic rings. The largest absolute Gasteiger partial charge is 0.366 e. The second kappa shape index (κ2) is 7.99. The third kappa shape index (κ3) is 4.05. The molecule has 1 heterocycles. The Kier molecular flexibility index (Phi) is 5.48. The highest BCUT2D eigenvalue weighted by Gasteiger charge is 2.23. The van der Waals surface area contributed by atoms with E-state index in [-0.39, 0.29) is 22.6 Å². The molecule has 2 aromatic carbocycles. The summed E-state index contributed by atoms with van der Waals surface area (Å²) < 4.78 is 13.9. The van der Waals surface area contributed by atoms with Crippen molar-refractivity contribution in [3.8, 4) is 0 Å². The van der Waals surface area contributed by atoms with E-state index >= 15 is 0 Å². The van der Waals surface area contributed by atoms with E-state index < -0.39 is 21.6 Å². The fourth-order valence-electron chi connectivity index (χ4n) is 3.13. The molecule has 28 heavy (non-hydrogen) atoms. The Morgan fingerprint density at radius 2 is 1.71 bits per heavy atom. The number of rotatable bonds is 5. The summed E-state index contributed by atoms with van der Waals surface area (Å²) in [6.45, 7) is 1.40. The van der Waals surface area contributed by atoms with E-state index in [9.17, 15) is 29.4 Å². The molecule has 0 saturated carbocycles. The monoisotopic (exact) mass is 388 g/mol. The molecule has 1 aliphatic heterocycles. The number of carbonyl (C=O) groups is 1. The second-order valence-corrected chi connectivity index (χ2v) is 6.38. The van der Waals surface area contributed by atoms with Gasteiger partial charge in [-0.15, -0.1) is 0 Å². The quantitative estimate of drug-likeness (QED) is 0.613. The third-order valence-corrected chi connectivity index (χ3v) is 4.54. The van der Waals surface area contributed by atoms with E-state index in [0.29, 0.717) is 18.8 Å². The van der Waals surface area contributed by atoms with E-state index in [1.165, 1.54) is 12.1 Å². The molecule has 1 fully saturated rings. The summed E-state index contributed by atoms with van der Waals surface area (Å²) in [5, 5.41) is 24.5. The van der Waals surface area contributed by atoms with Gasteiger partial charge in [0.1, 0.15) is 11.5 Å². The summed E-state index contributed by atoms with van der Waals surface area (Å²) in [4.78, 5) is 35.4. The Balaban J connectivity index is 1.88. The normalized spacial score (nSPS) is 13.8. The van der Waals surface area contributed by atoms with Crippen molar-refractivity contribution in [3.63, 3.8) is 0 Å². The van der Waals surface area contributed by atoms with Crippen LogP contribution in [0.25, 0.3) is 0 Å². The van der Waals surface area contributed by atoms with E-state index in [2.05, 4.69) is 5.32 Å². The number of piperidine rings is 1. The summed E-state index contributed by atoms with van der Waals surface area (Å²) in [5.74, 6) is -1.65. The van der Waals surface area contributed by atoms with Crippen molar-refractivity contribution < 1.29 is 19.0 Å². The highest BCUT2D eigenvalue weighted by molar-refractivity contribution is 6.05. The SMILES string of the molecule is O=C(Nc1cc([N+](=O)[O-])ccc1F)c1ccc(N2CCCCC2)c([N+](=O)[O-])c1. The molecule has 1 saturated heterocycles. The van der Waals surface area contributed by atoms with E-state index in [0.717, 1.165) is 43.5 Å². The Morgan fingerprint density at radius 1 is 1.00 bits per heavy atom. The van der Waals surface area contributed by atoms with Gasteiger partial charge in [-0.1, -0.05) is 0 Å². The van der Waals surface area contributed by atoms with Crippen molar-refractivity contribution >= 4 is 28.7 Å². The van der Waals surface area contributed by atoms with Crippen LogP contribution in [-0.4, -0.2) is 28.8 Å². The van der Waals surface area contributed by atoms with Gasteiger partial charge in [-0.25, -0.2) is 4.39 Å². The van der Waals surface area contributed by atoms with Crippen LogP contribution in [0.2, 0.25) is 0 Å².